The number of likely N-dealkylation sites (N-methyl/N-ethyl adjacent to an activating group) is 2. The second-order valence-electron chi connectivity index (χ2n) is 7.47. The standard InChI is InChI=1S/C18H33N7/c1-5-19-18(20-11-17-14-22(2)8-9-23(17)3)25-7-6-15(13-25)16-10-21-24(4)12-16/h10,12,15,17H,5-9,11,13-14H2,1-4H3,(H,19,20). The van der Waals surface area contributed by atoms with Crippen molar-refractivity contribution in [3.05, 3.63) is 18.0 Å². The van der Waals surface area contributed by atoms with Gasteiger partial charge in [0.1, 0.15) is 0 Å². The Morgan fingerprint density at radius 2 is 2.08 bits per heavy atom. The van der Waals surface area contributed by atoms with Crippen LogP contribution in [0.5, 0.6) is 0 Å². The zero-order valence-electron chi connectivity index (χ0n) is 16.1. The number of likely N-dealkylation sites (tertiary alicyclic amines) is 1. The van der Waals surface area contributed by atoms with Crippen molar-refractivity contribution in [2.24, 2.45) is 12.0 Å². The lowest BCUT2D eigenvalue weighted by Gasteiger charge is -2.37. The van der Waals surface area contributed by atoms with E-state index >= 15 is 0 Å². The molecule has 140 valence electrons. The van der Waals surface area contributed by atoms with Crippen molar-refractivity contribution in [1.29, 1.82) is 0 Å². The lowest BCUT2D eigenvalue weighted by molar-refractivity contribution is 0.119. The summed E-state index contributed by atoms with van der Waals surface area (Å²) in [5.41, 5.74) is 1.34. The molecule has 2 atom stereocenters. The molecule has 3 rings (SSSR count). The summed E-state index contributed by atoms with van der Waals surface area (Å²) in [6.07, 6.45) is 5.32. The Labute approximate surface area is 151 Å². The highest BCUT2D eigenvalue weighted by atomic mass is 15.3. The van der Waals surface area contributed by atoms with Crippen LogP contribution in [0.2, 0.25) is 0 Å². The molecule has 0 bridgehead atoms. The van der Waals surface area contributed by atoms with Gasteiger partial charge in [-0.15, -0.1) is 0 Å². The third-order valence-electron chi connectivity index (χ3n) is 5.45. The molecule has 2 saturated heterocycles. The Morgan fingerprint density at radius 1 is 1.24 bits per heavy atom. The van der Waals surface area contributed by atoms with E-state index in [2.05, 4.69) is 52.3 Å². The van der Waals surface area contributed by atoms with Gasteiger partial charge in [-0.1, -0.05) is 0 Å². The van der Waals surface area contributed by atoms with Crippen LogP contribution in [0.3, 0.4) is 0 Å². The van der Waals surface area contributed by atoms with Crippen molar-refractivity contribution >= 4 is 5.96 Å². The number of nitrogens with zero attached hydrogens (tertiary/aromatic N) is 6. The van der Waals surface area contributed by atoms with Crippen molar-refractivity contribution in [3.8, 4) is 0 Å². The summed E-state index contributed by atoms with van der Waals surface area (Å²) in [5, 5.41) is 7.81. The summed E-state index contributed by atoms with van der Waals surface area (Å²) in [6, 6.07) is 0.504. The molecule has 3 heterocycles. The highest BCUT2D eigenvalue weighted by Crippen LogP contribution is 2.26. The summed E-state index contributed by atoms with van der Waals surface area (Å²) < 4.78 is 1.90. The highest BCUT2D eigenvalue weighted by molar-refractivity contribution is 5.80. The van der Waals surface area contributed by atoms with E-state index in [1.54, 1.807) is 0 Å². The lowest BCUT2D eigenvalue weighted by Crippen LogP contribution is -2.51. The van der Waals surface area contributed by atoms with E-state index in [0.29, 0.717) is 12.0 Å². The third kappa shape index (κ3) is 4.52. The maximum absolute atomic E-state index is 4.98. The first kappa shape index (κ1) is 18.2. The Hall–Kier alpha value is -1.60. The van der Waals surface area contributed by atoms with Crippen LogP contribution in [0.1, 0.15) is 24.8 Å². The number of piperazine rings is 1. The summed E-state index contributed by atoms with van der Waals surface area (Å²) >= 11 is 0. The van der Waals surface area contributed by atoms with E-state index in [0.717, 1.165) is 51.8 Å². The number of aryl methyl sites for hydroxylation is 1. The average molecular weight is 348 g/mol. The smallest absolute Gasteiger partial charge is 0.193 e. The third-order valence-corrected chi connectivity index (χ3v) is 5.45. The Morgan fingerprint density at radius 3 is 2.80 bits per heavy atom. The van der Waals surface area contributed by atoms with E-state index in [4.69, 9.17) is 4.99 Å². The molecule has 7 heteroatoms. The fourth-order valence-corrected chi connectivity index (χ4v) is 3.79. The minimum Gasteiger partial charge on any atom is -0.357 e. The van der Waals surface area contributed by atoms with Gasteiger partial charge in [-0.3, -0.25) is 14.6 Å². The Kier molecular flexibility index (Phi) is 5.96. The summed E-state index contributed by atoms with van der Waals surface area (Å²) in [4.78, 5) is 12.2. The zero-order valence-corrected chi connectivity index (χ0v) is 16.1. The van der Waals surface area contributed by atoms with Crippen LogP contribution in [0, 0.1) is 0 Å². The minimum atomic E-state index is 0.504. The van der Waals surface area contributed by atoms with Gasteiger partial charge >= 0.3 is 0 Å². The molecule has 0 saturated carbocycles. The average Bonchev–Trinajstić information content (AvgIpc) is 3.23. The fourth-order valence-electron chi connectivity index (χ4n) is 3.79. The molecule has 25 heavy (non-hydrogen) atoms. The summed E-state index contributed by atoms with van der Waals surface area (Å²) in [6.45, 7) is 9.37. The van der Waals surface area contributed by atoms with Crippen LogP contribution in [0.25, 0.3) is 0 Å². The van der Waals surface area contributed by atoms with E-state index in [-0.39, 0.29) is 0 Å². The molecule has 1 aromatic heterocycles. The lowest BCUT2D eigenvalue weighted by atomic mass is 10.0. The zero-order chi connectivity index (χ0) is 17.8. The van der Waals surface area contributed by atoms with Gasteiger partial charge < -0.3 is 15.1 Å². The molecule has 0 aromatic carbocycles. The maximum Gasteiger partial charge on any atom is 0.193 e. The molecule has 0 radical (unpaired) electrons. The molecule has 7 nitrogen and oxygen atoms in total. The van der Waals surface area contributed by atoms with Gasteiger partial charge in [-0.25, -0.2) is 0 Å². The number of guanidine groups is 1. The summed E-state index contributed by atoms with van der Waals surface area (Å²) in [5.74, 6) is 1.62. The van der Waals surface area contributed by atoms with Gasteiger partial charge in [0, 0.05) is 64.5 Å². The first-order chi connectivity index (χ1) is 12.1. The van der Waals surface area contributed by atoms with Crippen LogP contribution in [-0.2, 0) is 7.05 Å². The number of hydrogen-bond donors (Lipinski definition) is 1. The van der Waals surface area contributed by atoms with Crippen molar-refractivity contribution in [3.63, 3.8) is 0 Å². The number of aliphatic imine (C=N–C) groups is 1. The second-order valence-corrected chi connectivity index (χ2v) is 7.47. The molecular formula is C18H33N7. The maximum atomic E-state index is 4.98. The predicted octanol–water partition coefficient (Wildman–Crippen LogP) is 0.421. The van der Waals surface area contributed by atoms with Crippen molar-refractivity contribution in [2.75, 3.05) is 59.9 Å². The number of nitrogens with one attached hydrogen (secondary N) is 1. The Balaban J connectivity index is 1.62. The first-order valence-corrected chi connectivity index (χ1v) is 9.47. The van der Waals surface area contributed by atoms with Gasteiger partial charge in [0.25, 0.3) is 0 Å². The van der Waals surface area contributed by atoms with Gasteiger partial charge in [0.15, 0.2) is 5.96 Å². The molecule has 2 aliphatic rings. The van der Waals surface area contributed by atoms with Gasteiger partial charge in [-0.2, -0.15) is 5.10 Å². The SMILES string of the molecule is CCNC(=NCC1CN(C)CCN1C)N1CCC(c2cnn(C)c2)C1. The molecular weight excluding hydrogens is 314 g/mol. The van der Waals surface area contributed by atoms with Gasteiger partial charge in [-0.05, 0) is 33.0 Å². The van der Waals surface area contributed by atoms with Crippen molar-refractivity contribution < 1.29 is 0 Å². The van der Waals surface area contributed by atoms with E-state index in [1.165, 1.54) is 12.0 Å². The molecule has 0 spiro atoms. The molecule has 0 amide bonds. The molecule has 1 aromatic rings. The van der Waals surface area contributed by atoms with Crippen LogP contribution in [-0.4, -0.2) is 96.4 Å². The van der Waals surface area contributed by atoms with Crippen LogP contribution in [0.4, 0.5) is 0 Å². The van der Waals surface area contributed by atoms with Crippen molar-refractivity contribution in [1.82, 2.24) is 29.8 Å². The predicted molar refractivity (Wildman–Crippen MR) is 102 cm³/mol. The fraction of sp³-hybridized carbons (Fsp3) is 0.778. The molecule has 0 aliphatic carbocycles. The van der Waals surface area contributed by atoms with Crippen LogP contribution < -0.4 is 5.32 Å². The number of hydrogen-bond acceptors (Lipinski definition) is 4. The largest absolute Gasteiger partial charge is 0.357 e. The molecule has 1 N–H and O–H groups in total. The second kappa shape index (κ2) is 8.19. The summed E-state index contributed by atoms with van der Waals surface area (Å²) in [7, 11) is 6.40. The molecule has 2 aliphatic heterocycles. The van der Waals surface area contributed by atoms with Crippen LogP contribution in [0.15, 0.2) is 17.4 Å². The van der Waals surface area contributed by atoms with Crippen molar-refractivity contribution in [2.45, 2.75) is 25.3 Å². The molecule has 2 fully saturated rings. The number of aromatic nitrogens is 2. The highest BCUT2D eigenvalue weighted by Gasteiger charge is 2.28. The molecule has 2 unspecified atom stereocenters. The first-order valence-electron chi connectivity index (χ1n) is 9.47. The number of rotatable bonds is 4. The van der Waals surface area contributed by atoms with E-state index in [1.807, 2.05) is 17.9 Å². The van der Waals surface area contributed by atoms with Gasteiger partial charge in [0.2, 0.25) is 0 Å². The van der Waals surface area contributed by atoms with Gasteiger partial charge in [0.05, 0.1) is 12.7 Å². The van der Waals surface area contributed by atoms with E-state index < -0.39 is 0 Å². The van der Waals surface area contributed by atoms with Crippen LogP contribution >= 0.6 is 0 Å². The normalized spacial score (nSPS) is 26.4. The quantitative estimate of drug-likeness (QED) is 0.632. The topological polar surface area (TPSA) is 51.9 Å². The monoisotopic (exact) mass is 347 g/mol. The van der Waals surface area contributed by atoms with E-state index in [9.17, 15) is 0 Å². The Bertz CT molecular complexity index is 582. The minimum absolute atomic E-state index is 0.504.